The predicted octanol–water partition coefficient (Wildman–Crippen LogP) is 2.87. The van der Waals surface area contributed by atoms with E-state index in [1.807, 2.05) is 10.8 Å². The van der Waals surface area contributed by atoms with Crippen LogP contribution >= 0.6 is 0 Å². The van der Waals surface area contributed by atoms with Crippen molar-refractivity contribution in [2.75, 3.05) is 19.8 Å². The van der Waals surface area contributed by atoms with E-state index in [9.17, 15) is 19.8 Å². The smallest absolute Gasteiger partial charge is 0.295 e. The topological polar surface area (TPSA) is 114 Å². The summed E-state index contributed by atoms with van der Waals surface area (Å²) in [5.41, 5.74) is 0.957. The Balaban J connectivity index is 1.53. The number of amides is 1. The van der Waals surface area contributed by atoms with Crippen LogP contribution in [0.1, 0.15) is 23.6 Å². The predicted molar refractivity (Wildman–Crippen MR) is 121 cm³/mol. The molecule has 9 nitrogen and oxygen atoms in total. The summed E-state index contributed by atoms with van der Waals surface area (Å²) in [6.45, 7) is 1.73. The van der Waals surface area contributed by atoms with Gasteiger partial charge in [0.05, 0.1) is 17.9 Å². The largest absolute Gasteiger partial charge is 0.508 e. The third-order valence-corrected chi connectivity index (χ3v) is 5.94. The number of benzene rings is 2. The summed E-state index contributed by atoms with van der Waals surface area (Å²) in [4.78, 5) is 31.7. The molecule has 1 aromatic heterocycles. The maximum Gasteiger partial charge on any atom is 0.295 e. The van der Waals surface area contributed by atoms with Crippen molar-refractivity contribution in [3.63, 3.8) is 0 Å². The van der Waals surface area contributed by atoms with Gasteiger partial charge in [-0.25, -0.2) is 4.98 Å². The van der Waals surface area contributed by atoms with Crippen LogP contribution in [0.25, 0.3) is 5.76 Å². The number of nitrogens with zero attached hydrogens (tertiary/aromatic N) is 3. The number of likely N-dealkylation sites (tertiary alicyclic amines) is 1. The lowest BCUT2D eigenvalue weighted by atomic mass is 9.95. The zero-order chi connectivity index (χ0) is 23.7. The van der Waals surface area contributed by atoms with Crippen LogP contribution in [0.4, 0.5) is 0 Å². The fraction of sp³-hybridized carbons (Fsp3) is 0.240. The first-order chi connectivity index (χ1) is 16.5. The summed E-state index contributed by atoms with van der Waals surface area (Å²) in [5.74, 6) is -0.641. The highest BCUT2D eigenvalue weighted by Gasteiger charge is 2.45. The number of ether oxygens (including phenoxy) is 2. The van der Waals surface area contributed by atoms with Gasteiger partial charge in [0.15, 0.2) is 11.5 Å². The van der Waals surface area contributed by atoms with Crippen molar-refractivity contribution in [2.45, 2.75) is 19.0 Å². The SMILES string of the molecule is O=C1C(=O)N(CCCn2ccnc2)C(c2ccc(O)cc2)/C1=C(/O)c1ccc2c(c1)OCCO2. The second-order valence-corrected chi connectivity index (χ2v) is 8.10. The first-order valence-corrected chi connectivity index (χ1v) is 11.0. The number of Topliss-reactive ketones (excluding diaryl/α,β-unsaturated/α-hetero) is 1. The van der Waals surface area contributed by atoms with Gasteiger partial charge < -0.3 is 29.2 Å². The zero-order valence-corrected chi connectivity index (χ0v) is 18.3. The lowest BCUT2D eigenvalue weighted by Gasteiger charge is -2.25. The standard InChI is InChI=1S/C25H23N3O6/c29-18-5-2-16(3-6-18)22-21(23(30)17-4-7-19-20(14-17)34-13-12-33-19)24(31)25(32)28(22)10-1-9-27-11-8-26-15-27/h2-8,11,14-15,22,29-30H,1,9-10,12-13H2/b23-21-. The maximum absolute atomic E-state index is 13.1. The number of aromatic hydroxyl groups is 1. The minimum absolute atomic E-state index is 0.00463. The van der Waals surface area contributed by atoms with Gasteiger partial charge in [-0.15, -0.1) is 0 Å². The number of aryl methyl sites for hydroxylation is 1. The van der Waals surface area contributed by atoms with Crippen molar-refractivity contribution in [3.05, 3.63) is 77.9 Å². The number of fused-ring (bicyclic) bond motifs is 1. The van der Waals surface area contributed by atoms with Crippen molar-refractivity contribution in [1.82, 2.24) is 14.5 Å². The van der Waals surface area contributed by atoms with Crippen molar-refractivity contribution in [2.24, 2.45) is 0 Å². The maximum atomic E-state index is 13.1. The number of rotatable bonds is 6. The number of carbonyl (C=O) groups is 2. The Morgan fingerprint density at radius 2 is 1.79 bits per heavy atom. The Hall–Kier alpha value is -4.27. The van der Waals surface area contributed by atoms with Gasteiger partial charge in [0.1, 0.15) is 24.7 Å². The molecule has 2 N–H and O–H groups in total. The molecule has 2 aliphatic rings. The summed E-state index contributed by atoms with van der Waals surface area (Å²) in [6.07, 6.45) is 5.78. The molecule has 9 heteroatoms. The van der Waals surface area contributed by atoms with Crippen LogP contribution in [0.15, 0.2) is 66.8 Å². The van der Waals surface area contributed by atoms with Gasteiger partial charge in [0.2, 0.25) is 0 Å². The third kappa shape index (κ3) is 3.96. The van der Waals surface area contributed by atoms with Crippen LogP contribution in [-0.4, -0.2) is 56.1 Å². The van der Waals surface area contributed by atoms with Crippen molar-refractivity contribution in [1.29, 1.82) is 0 Å². The lowest BCUT2D eigenvalue weighted by molar-refractivity contribution is -0.139. The minimum Gasteiger partial charge on any atom is -0.508 e. The summed E-state index contributed by atoms with van der Waals surface area (Å²) < 4.78 is 13.0. The summed E-state index contributed by atoms with van der Waals surface area (Å²) in [6, 6.07) is 10.4. The fourth-order valence-electron chi connectivity index (χ4n) is 4.30. The first kappa shape index (κ1) is 21.6. The molecule has 2 aromatic carbocycles. The van der Waals surface area contributed by atoms with Crippen molar-refractivity contribution in [3.8, 4) is 17.2 Å². The number of aromatic nitrogens is 2. The van der Waals surface area contributed by atoms with Crippen molar-refractivity contribution < 1.29 is 29.3 Å². The number of phenols is 1. The minimum atomic E-state index is -0.795. The van der Waals surface area contributed by atoms with E-state index in [4.69, 9.17) is 9.47 Å². The molecule has 174 valence electrons. The Morgan fingerprint density at radius 1 is 1.03 bits per heavy atom. The second kappa shape index (κ2) is 8.93. The van der Waals surface area contributed by atoms with E-state index < -0.39 is 17.7 Å². The summed E-state index contributed by atoms with van der Waals surface area (Å²) in [5, 5.41) is 21.0. The molecule has 0 aliphatic carbocycles. The van der Waals surface area contributed by atoms with Gasteiger partial charge in [-0.05, 0) is 42.3 Å². The van der Waals surface area contributed by atoms with E-state index in [1.54, 1.807) is 42.9 Å². The second-order valence-electron chi connectivity index (χ2n) is 8.10. The fourth-order valence-corrected chi connectivity index (χ4v) is 4.30. The Bertz CT molecular complexity index is 1250. The molecule has 1 atom stereocenters. The highest BCUT2D eigenvalue weighted by atomic mass is 16.6. The first-order valence-electron chi connectivity index (χ1n) is 11.0. The van der Waals surface area contributed by atoms with E-state index in [-0.39, 0.29) is 17.1 Å². The molecule has 3 aromatic rings. The molecular weight excluding hydrogens is 438 g/mol. The van der Waals surface area contributed by atoms with Gasteiger partial charge in [0.25, 0.3) is 11.7 Å². The lowest BCUT2D eigenvalue weighted by Crippen LogP contribution is -2.31. The summed E-state index contributed by atoms with van der Waals surface area (Å²) >= 11 is 0. The van der Waals surface area contributed by atoms with E-state index in [1.165, 1.54) is 17.0 Å². The van der Waals surface area contributed by atoms with Gasteiger partial charge in [-0.3, -0.25) is 9.59 Å². The van der Waals surface area contributed by atoms with Crippen LogP contribution in [0, 0.1) is 0 Å². The van der Waals surface area contributed by atoms with Crippen LogP contribution in [0.2, 0.25) is 0 Å². The normalized spacial score (nSPS) is 18.9. The highest BCUT2D eigenvalue weighted by molar-refractivity contribution is 6.46. The Morgan fingerprint density at radius 3 is 2.53 bits per heavy atom. The molecule has 1 saturated heterocycles. The Kier molecular flexibility index (Phi) is 5.67. The van der Waals surface area contributed by atoms with Gasteiger partial charge in [-0.2, -0.15) is 0 Å². The molecule has 5 rings (SSSR count). The molecule has 1 fully saturated rings. The number of hydrogen-bond donors (Lipinski definition) is 2. The van der Waals surface area contributed by atoms with Gasteiger partial charge >= 0.3 is 0 Å². The van der Waals surface area contributed by atoms with Crippen LogP contribution < -0.4 is 9.47 Å². The number of imidazole rings is 1. The average molecular weight is 461 g/mol. The summed E-state index contributed by atoms with van der Waals surface area (Å²) in [7, 11) is 0. The quantitative estimate of drug-likeness (QED) is 0.330. The molecule has 0 spiro atoms. The van der Waals surface area contributed by atoms with Gasteiger partial charge in [0, 0.05) is 31.0 Å². The van der Waals surface area contributed by atoms with Crippen LogP contribution in [0.3, 0.4) is 0 Å². The van der Waals surface area contributed by atoms with E-state index in [0.717, 1.165) is 0 Å². The number of hydrogen-bond acceptors (Lipinski definition) is 7. The Labute approximate surface area is 195 Å². The van der Waals surface area contributed by atoms with Crippen LogP contribution in [-0.2, 0) is 16.1 Å². The molecule has 1 amide bonds. The molecule has 2 aliphatic heterocycles. The van der Waals surface area contributed by atoms with E-state index >= 15 is 0 Å². The molecular formula is C25H23N3O6. The molecule has 0 radical (unpaired) electrons. The van der Waals surface area contributed by atoms with E-state index in [2.05, 4.69) is 4.98 Å². The van der Waals surface area contributed by atoms with Crippen LogP contribution in [0.5, 0.6) is 17.2 Å². The highest BCUT2D eigenvalue weighted by Crippen LogP contribution is 2.41. The number of ketones is 1. The third-order valence-electron chi connectivity index (χ3n) is 5.94. The molecule has 3 heterocycles. The number of carbonyl (C=O) groups excluding carboxylic acids is 2. The number of phenolic OH excluding ortho intramolecular Hbond substituents is 1. The van der Waals surface area contributed by atoms with Gasteiger partial charge in [-0.1, -0.05) is 12.1 Å². The van der Waals surface area contributed by atoms with Crippen molar-refractivity contribution >= 4 is 17.4 Å². The zero-order valence-electron chi connectivity index (χ0n) is 18.3. The molecule has 0 saturated carbocycles. The monoisotopic (exact) mass is 461 g/mol. The molecule has 1 unspecified atom stereocenters. The number of aliphatic hydroxyl groups is 1. The van der Waals surface area contributed by atoms with E-state index in [0.29, 0.717) is 55.4 Å². The number of aliphatic hydroxyl groups excluding tert-OH is 1. The molecule has 0 bridgehead atoms. The average Bonchev–Trinajstić information content (AvgIpc) is 3.46. The molecule has 34 heavy (non-hydrogen) atoms.